The Bertz CT molecular complexity index is 486. The topological polar surface area (TPSA) is 44.8 Å². The van der Waals surface area contributed by atoms with Gasteiger partial charge in [0.2, 0.25) is 0 Å². The molecule has 2 saturated carbocycles. The number of nitrogens with one attached hydrogen (secondary N) is 1. The third-order valence-corrected chi connectivity index (χ3v) is 6.36. The minimum absolute atomic E-state index is 0.127. The van der Waals surface area contributed by atoms with E-state index < -0.39 is 5.60 Å². The molecule has 2 heterocycles. The Morgan fingerprint density at radius 2 is 1.72 bits per heavy atom. The maximum Gasteiger partial charge on any atom is 0.410 e. The molecule has 0 aromatic rings. The van der Waals surface area contributed by atoms with Crippen molar-refractivity contribution < 1.29 is 9.53 Å². The van der Waals surface area contributed by atoms with Crippen LogP contribution in [0.5, 0.6) is 0 Å². The van der Waals surface area contributed by atoms with Crippen molar-refractivity contribution >= 4 is 6.09 Å². The minimum Gasteiger partial charge on any atom is -0.444 e. The van der Waals surface area contributed by atoms with Gasteiger partial charge in [-0.2, -0.15) is 0 Å². The van der Waals surface area contributed by atoms with E-state index in [-0.39, 0.29) is 6.09 Å². The number of amides is 1. The molecular formula is C20H35N3O2. The van der Waals surface area contributed by atoms with E-state index in [1.54, 1.807) is 0 Å². The highest BCUT2D eigenvalue weighted by Crippen LogP contribution is 2.39. The van der Waals surface area contributed by atoms with Gasteiger partial charge in [0.1, 0.15) is 5.60 Å². The molecule has 1 N–H and O–H groups in total. The number of fused-ring (bicyclic) bond motifs is 1. The third kappa shape index (κ3) is 4.48. The van der Waals surface area contributed by atoms with Gasteiger partial charge in [0.15, 0.2) is 0 Å². The number of rotatable bonds is 4. The van der Waals surface area contributed by atoms with Crippen LogP contribution in [0.3, 0.4) is 0 Å². The van der Waals surface area contributed by atoms with Crippen LogP contribution < -0.4 is 5.32 Å². The summed E-state index contributed by atoms with van der Waals surface area (Å²) in [7, 11) is 0. The van der Waals surface area contributed by atoms with E-state index in [2.05, 4.69) is 10.2 Å². The standard InChI is InChI=1S/C20H35N3O2/c1-20(2,3)25-19(24)23-11-15-8-18(9-16(15)12-23)21-17-6-7-22(13-17)10-14-4-5-14/h14-18,21H,4-13H2,1-3H3/t15-,16+,17?,18?. The first-order valence-corrected chi connectivity index (χ1v) is 10.3. The maximum atomic E-state index is 12.3. The van der Waals surface area contributed by atoms with Gasteiger partial charge in [0.25, 0.3) is 0 Å². The van der Waals surface area contributed by atoms with E-state index in [0.717, 1.165) is 19.0 Å². The van der Waals surface area contributed by atoms with Crippen molar-refractivity contribution in [1.82, 2.24) is 15.1 Å². The van der Waals surface area contributed by atoms with Crippen molar-refractivity contribution in [3.8, 4) is 0 Å². The largest absolute Gasteiger partial charge is 0.444 e. The molecule has 0 aromatic heterocycles. The molecule has 0 spiro atoms. The van der Waals surface area contributed by atoms with E-state index in [1.807, 2.05) is 25.7 Å². The second kappa shape index (κ2) is 6.73. The summed E-state index contributed by atoms with van der Waals surface area (Å²) in [4.78, 5) is 16.9. The molecule has 0 radical (unpaired) electrons. The molecule has 0 aromatic carbocycles. The molecule has 5 heteroatoms. The first kappa shape index (κ1) is 17.6. The van der Waals surface area contributed by atoms with E-state index in [0.29, 0.717) is 23.9 Å². The molecule has 142 valence electrons. The Morgan fingerprint density at radius 1 is 1.04 bits per heavy atom. The Labute approximate surface area is 152 Å². The Morgan fingerprint density at radius 3 is 2.32 bits per heavy atom. The number of carbonyl (C=O) groups excluding carboxylic acids is 1. The van der Waals surface area contributed by atoms with Crippen molar-refractivity contribution in [2.24, 2.45) is 17.8 Å². The van der Waals surface area contributed by atoms with E-state index >= 15 is 0 Å². The molecule has 0 bridgehead atoms. The molecule has 4 fully saturated rings. The van der Waals surface area contributed by atoms with Crippen LogP contribution in [0.4, 0.5) is 4.79 Å². The van der Waals surface area contributed by atoms with Gasteiger partial charge >= 0.3 is 6.09 Å². The highest BCUT2D eigenvalue weighted by Gasteiger charge is 2.44. The second-order valence-electron chi connectivity index (χ2n) is 9.93. The van der Waals surface area contributed by atoms with Crippen LogP contribution in [-0.4, -0.2) is 66.3 Å². The lowest BCUT2D eigenvalue weighted by atomic mass is 10.0. The summed E-state index contributed by atoms with van der Waals surface area (Å²) in [5.41, 5.74) is -0.395. The Kier molecular flexibility index (Phi) is 4.74. The lowest BCUT2D eigenvalue weighted by Gasteiger charge is -2.26. The SMILES string of the molecule is CC(C)(C)OC(=O)N1C[C@H]2CC(NC3CCN(CC4CC4)C3)C[C@H]2C1. The fourth-order valence-corrected chi connectivity index (χ4v) is 5.04. The third-order valence-electron chi connectivity index (χ3n) is 6.36. The number of likely N-dealkylation sites (tertiary alicyclic amines) is 2. The molecule has 2 aliphatic carbocycles. The molecule has 2 aliphatic heterocycles. The second-order valence-corrected chi connectivity index (χ2v) is 9.93. The average Bonchev–Trinajstić information content (AvgIpc) is 2.89. The lowest BCUT2D eigenvalue weighted by molar-refractivity contribution is 0.0278. The molecule has 4 aliphatic rings. The summed E-state index contributed by atoms with van der Waals surface area (Å²) in [5.74, 6) is 2.33. The first-order chi connectivity index (χ1) is 11.9. The molecule has 1 amide bonds. The summed E-state index contributed by atoms with van der Waals surface area (Å²) in [5, 5.41) is 3.94. The van der Waals surface area contributed by atoms with Crippen LogP contribution in [0.25, 0.3) is 0 Å². The summed E-state index contributed by atoms with van der Waals surface area (Å²) >= 11 is 0. The van der Waals surface area contributed by atoms with Crippen LogP contribution in [-0.2, 0) is 4.74 Å². The lowest BCUT2D eigenvalue weighted by Crippen LogP contribution is -2.41. The zero-order valence-corrected chi connectivity index (χ0v) is 16.2. The predicted molar refractivity (Wildman–Crippen MR) is 98.5 cm³/mol. The molecular weight excluding hydrogens is 314 g/mol. The highest BCUT2D eigenvalue weighted by molar-refractivity contribution is 5.68. The van der Waals surface area contributed by atoms with Gasteiger partial charge in [-0.15, -0.1) is 0 Å². The van der Waals surface area contributed by atoms with Crippen molar-refractivity contribution in [3.05, 3.63) is 0 Å². The predicted octanol–water partition coefficient (Wildman–Crippen LogP) is 2.71. The van der Waals surface area contributed by atoms with Crippen LogP contribution in [0.15, 0.2) is 0 Å². The van der Waals surface area contributed by atoms with Crippen LogP contribution in [0.1, 0.15) is 52.9 Å². The molecule has 5 nitrogen and oxygen atoms in total. The van der Waals surface area contributed by atoms with E-state index in [4.69, 9.17) is 4.74 Å². The number of nitrogens with zero attached hydrogens (tertiary/aromatic N) is 2. The summed E-state index contributed by atoms with van der Waals surface area (Å²) in [6, 6.07) is 1.34. The van der Waals surface area contributed by atoms with Gasteiger partial charge < -0.3 is 19.9 Å². The normalized spacial score (nSPS) is 36.0. The fourth-order valence-electron chi connectivity index (χ4n) is 5.04. The summed E-state index contributed by atoms with van der Waals surface area (Å²) in [6.07, 6.45) is 6.54. The highest BCUT2D eigenvalue weighted by atomic mass is 16.6. The number of ether oxygens (including phenoxy) is 1. The van der Waals surface area contributed by atoms with Gasteiger partial charge in [0, 0.05) is 38.3 Å². The zero-order chi connectivity index (χ0) is 17.6. The van der Waals surface area contributed by atoms with Gasteiger partial charge in [-0.1, -0.05) is 0 Å². The Balaban J connectivity index is 1.20. The molecule has 2 unspecified atom stereocenters. The van der Waals surface area contributed by atoms with Gasteiger partial charge in [-0.05, 0) is 77.2 Å². The van der Waals surface area contributed by atoms with Crippen LogP contribution in [0.2, 0.25) is 0 Å². The summed E-state index contributed by atoms with van der Waals surface area (Å²) < 4.78 is 5.54. The summed E-state index contributed by atoms with van der Waals surface area (Å²) in [6.45, 7) is 11.4. The smallest absolute Gasteiger partial charge is 0.410 e. The molecule has 4 rings (SSSR count). The molecule has 2 saturated heterocycles. The molecule has 25 heavy (non-hydrogen) atoms. The van der Waals surface area contributed by atoms with E-state index in [1.165, 1.54) is 51.7 Å². The maximum absolute atomic E-state index is 12.3. The van der Waals surface area contributed by atoms with E-state index in [9.17, 15) is 4.79 Å². The van der Waals surface area contributed by atoms with Gasteiger partial charge in [-0.3, -0.25) is 0 Å². The minimum atomic E-state index is -0.395. The van der Waals surface area contributed by atoms with Crippen LogP contribution in [0, 0.1) is 17.8 Å². The van der Waals surface area contributed by atoms with Crippen molar-refractivity contribution in [3.63, 3.8) is 0 Å². The quantitative estimate of drug-likeness (QED) is 0.848. The monoisotopic (exact) mass is 349 g/mol. The van der Waals surface area contributed by atoms with Gasteiger partial charge in [-0.25, -0.2) is 4.79 Å². The fraction of sp³-hybridized carbons (Fsp3) is 0.950. The van der Waals surface area contributed by atoms with Crippen LogP contribution >= 0.6 is 0 Å². The number of carbonyl (C=O) groups is 1. The number of hydrogen-bond acceptors (Lipinski definition) is 4. The molecule has 4 atom stereocenters. The zero-order valence-electron chi connectivity index (χ0n) is 16.2. The van der Waals surface area contributed by atoms with Gasteiger partial charge in [0.05, 0.1) is 0 Å². The first-order valence-electron chi connectivity index (χ1n) is 10.3. The average molecular weight is 350 g/mol. The number of hydrogen-bond donors (Lipinski definition) is 1. The van der Waals surface area contributed by atoms with Crippen molar-refractivity contribution in [1.29, 1.82) is 0 Å². The Hall–Kier alpha value is -0.810. The van der Waals surface area contributed by atoms with Crippen molar-refractivity contribution in [2.45, 2.75) is 70.6 Å². The van der Waals surface area contributed by atoms with Crippen molar-refractivity contribution in [2.75, 3.05) is 32.7 Å².